The molecule has 0 rings (SSSR count). The molecule has 0 fully saturated rings. The number of phosphoric ester groups is 2. The molecule has 2 unspecified atom stereocenters. The molecule has 0 aromatic rings. The first-order valence-electron chi connectivity index (χ1n) is 42.7. The molecule has 112 heavy (non-hydrogen) atoms. The molecule has 0 heterocycles. The molecule has 5 atom stereocenters. The Morgan fingerprint density at radius 2 is 0.464 bits per heavy atom. The largest absolute Gasteiger partial charge is 0.472 e. The Morgan fingerprint density at radius 1 is 0.259 bits per heavy atom. The fourth-order valence-electron chi connectivity index (χ4n) is 10.6. The first-order valence-corrected chi connectivity index (χ1v) is 45.7. The fraction of sp³-hybridized carbons (Fsp3) is 0.613. The van der Waals surface area contributed by atoms with Crippen LogP contribution in [0.5, 0.6) is 0 Å². The molecule has 0 aliphatic carbocycles. The van der Waals surface area contributed by atoms with Gasteiger partial charge < -0.3 is 33.8 Å². The van der Waals surface area contributed by atoms with E-state index in [1.54, 1.807) is 0 Å². The minimum Gasteiger partial charge on any atom is -0.462 e. The van der Waals surface area contributed by atoms with Crippen LogP contribution in [0.3, 0.4) is 0 Å². The van der Waals surface area contributed by atoms with Gasteiger partial charge in [0, 0.05) is 25.7 Å². The summed E-state index contributed by atoms with van der Waals surface area (Å²) in [7, 11) is -10.0. The molecule has 0 aromatic carbocycles. The Bertz CT molecular complexity index is 2890. The van der Waals surface area contributed by atoms with Crippen molar-refractivity contribution in [1.29, 1.82) is 0 Å². The van der Waals surface area contributed by atoms with E-state index >= 15 is 0 Å². The highest BCUT2D eigenvalue weighted by molar-refractivity contribution is 7.47. The van der Waals surface area contributed by atoms with Gasteiger partial charge in [0.1, 0.15) is 19.3 Å². The second kappa shape index (κ2) is 82.9. The number of carbonyl (C=O) groups excluding carboxylic acids is 4. The Balaban J connectivity index is 5.51. The second-order valence-electron chi connectivity index (χ2n) is 27.6. The Kier molecular flexibility index (Phi) is 78.4. The van der Waals surface area contributed by atoms with Gasteiger partial charge in [-0.15, -0.1) is 0 Å². The van der Waals surface area contributed by atoms with Gasteiger partial charge in [-0.1, -0.05) is 293 Å². The normalized spacial score (nSPS) is 14.7. The van der Waals surface area contributed by atoms with Gasteiger partial charge in [-0.3, -0.25) is 37.3 Å². The number of rotatable bonds is 78. The number of unbranched alkanes of at least 4 members (excludes halogenated alkanes) is 20. The van der Waals surface area contributed by atoms with Crippen LogP contribution in [-0.4, -0.2) is 96.7 Å². The number of carbonyl (C=O) groups is 4. The minimum atomic E-state index is -5.01. The van der Waals surface area contributed by atoms with Gasteiger partial charge in [-0.25, -0.2) is 9.13 Å². The van der Waals surface area contributed by atoms with Gasteiger partial charge in [0.05, 0.1) is 26.4 Å². The van der Waals surface area contributed by atoms with Crippen LogP contribution in [0.1, 0.15) is 310 Å². The Labute approximate surface area is 678 Å². The smallest absolute Gasteiger partial charge is 0.462 e. The van der Waals surface area contributed by atoms with Crippen LogP contribution in [0.2, 0.25) is 0 Å². The van der Waals surface area contributed by atoms with Crippen molar-refractivity contribution in [2.24, 2.45) is 0 Å². The summed E-state index contributed by atoms with van der Waals surface area (Å²) in [5.74, 6) is -2.30. The summed E-state index contributed by atoms with van der Waals surface area (Å²) >= 11 is 0. The molecule has 0 amide bonds. The second-order valence-corrected chi connectivity index (χ2v) is 30.5. The van der Waals surface area contributed by atoms with Crippen LogP contribution in [0.15, 0.2) is 194 Å². The van der Waals surface area contributed by atoms with Crippen molar-refractivity contribution in [3.63, 3.8) is 0 Å². The van der Waals surface area contributed by atoms with Crippen molar-refractivity contribution in [3.8, 4) is 0 Å². The van der Waals surface area contributed by atoms with E-state index in [4.69, 9.17) is 37.0 Å². The molecule has 0 aromatic heterocycles. The standard InChI is InChI=1S/C93H150O17P2/c1-5-9-13-17-21-25-29-33-37-40-43-46-50-53-57-61-65-69-73-77-90(95)103-83-88(109-92(97)79-75-71-67-63-59-55-49-36-32-28-24-20-16-12-8-4)85-107-111(99,100)105-81-87(94)82-106-112(101,102)108-86-89(110-93(98)80-76-72-68-64-60-56-52-48-45-42-39-35-31-27-23-19-15-11-7-3)84-104-91(96)78-74-70-66-62-58-54-51-47-44-41-38-34-30-26-22-18-14-10-6-2/h9-11,13-15,21-23,25-28,32-35,37-39,43-48,53-54,56-58,60,87-89,94H,5-8,12,16-20,24,29-31,36,40-42,49-52,55,59,61-86H2,1-4H3,(H,99,100)(H,101,102)/b13-9-,14-10-,15-11-,25-21-,26-22-,27-23-,32-28-,37-33-,38-34-,39-35-,46-43-,47-44-,48-45-,57-53-,58-54-,60-56-/t87-,88+,89+/m0/s1. The molecular weight excluding hydrogens is 1450 g/mol. The van der Waals surface area contributed by atoms with E-state index in [2.05, 4.69) is 222 Å². The first-order chi connectivity index (χ1) is 54.7. The zero-order chi connectivity index (χ0) is 81.7. The third-order valence-electron chi connectivity index (χ3n) is 17.0. The highest BCUT2D eigenvalue weighted by atomic mass is 31.2. The van der Waals surface area contributed by atoms with E-state index in [-0.39, 0.29) is 25.7 Å². The first kappa shape index (κ1) is 106. The molecule has 17 nitrogen and oxygen atoms in total. The minimum absolute atomic E-state index is 0.0395. The van der Waals surface area contributed by atoms with E-state index in [1.807, 2.05) is 0 Å². The number of ether oxygens (including phenoxy) is 4. The molecule has 0 saturated heterocycles. The zero-order valence-electron chi connectivity index (χ0n) is 69.5. The molecule has 0 bridgehead atoms. The molecule has 0 aliphatic rings. The van der Waals surface area contributed by atoms with Crippen LogP contribution in [0, 0.1) is 0 Å². The van der Waals surface area contributed by atoms with Crippen LogP contribution in [0.4, 0.5) is 0 Å². The van der Waals surface area contributed by atoms with Gasteiger partial charge >= 0.3 is 39.5 Å². The summed E-state index contributed by atoms with van der Waals surface area (Å²) in [4.78, 5) is 73.3. The number of phosphoric acid groups is 2. The lowest BCUT2D eigenvalue weighted by Crippen LogP contribution is -2.30. The molecule has 0 aliphatic heterocycles. The topological polar surface area (TPSA) is 237 Å². The maximum absolute atomic E-state index is 13.1. The molecule has 0 saturated carbocycles. The van der Waals surface area contributed by atoms with Gasteiger partial charge in [-0.2, -0.15) is 0 Å². The molecular formula is C93H150O17P2. The number of esters is 4. The lowest BCUT2D eigenvalue weighted by Gasteiger charge is -2.21. The van der Waals surface area contributed by atoms with Crippen LogP contribution < -0.4 is 0 Å². The van der Waals surface area contributed by atoms with Crippen LogP contribution >= 0.6 is 15.6 Å². The van der Waals surface area contributed by atoms with Crippen molar-refractivity contribution >= 4 is 39.5 Å². The molecule has 3 N–H and O–H groups in total. The predicted octanol–water partition coefficient (Wildman–Crippen LogP) is 25.7. The third kappa shape index (κ3) is 81.9. The summed E-state index contributed by atoms with van der Waals surface area (Å²) in [5.41, 5.74) is 0. The maximum Gasteiger partial charge on any atom is 0.472 e. The molecule has 0 radical (unpaired) electrons. The Hall–Kier alpha value is -6.10. The number of allylic oxidation sites excluding steroid dienone is 32. The fourth-order valence-corrected chi connectivity index (χ4v) is 12.2. The SMILES string of the molecule is CC/C=C\C/C=C\C/C=C\C/C=C\C/C=C\CCCCCC(=O)OC[C@H](COP(=O)(O)OC[C@@H](O)COP(=O)(O)OC[C@@H](COC(=O)CCCCC/C=C\C/C=C\C/C=C\C/C=C\C/C=C\CC)OC(=O)CCCCCCCCC/C=C\CCCCCC)OC(=O)CCCCC/C=C\C/C=C\C/C=C\C/C=C\C/C=C\CC. The van der Waals surface area contributed by atoms with Gasteiger partial charge in [-0.05, 0) is 186 Å². The van der Waals surface area contributed by atoms with Gasteiger partial charge in [0.2, 0.25) is 0 Å². The van der Waals surface area contributed by atoms with Gasteiger partial charge in [0.15, 0.2) is 12.2 Å². The zero-order valence-corrected chi connectivity index (χ0v) is 71.3. The summed E-state index contributed by atoms with van der Waals surface area (Å²) in [6, 6.07) is 0. The predicted molar refractivity (Wildman–Crippen MR) is 463 cm³/mol. The average molecular weight is 1600 g/mol. The van der Waals surface area contributed by atoms with Crippen molar-refractivity contribution < 1.29 is 80.2 Å². The van der Waals surface area contributed by atoms with E-state index in [1.165, 1.54) is 25.7 Å². The van der Waals surface area contributed by atoms with Crippen LogP contribution in [0.25, 0.3) is 0 Å². The Morgan fingerprint density at radius 3 is 0.732 bits per heavy atom. The highest BCUT2D eigenvalue weighted by Crippen LogP contribution is 2.45. The average Bonchev–Trinajstić information content (AvgIpc) is 0.898. The summed E-state index contributed by atoms with van der Waals surface area (Å²) < 4.78 is 68.8. The van der Waals surface area contributed by atoms with E-state index in [0.717, 1.165) is 205 Å². The highest BCUT2D eigenvalue weighted by Gasteiger charge is 2.30. The van der Waals surface area contributed by atoms with Crippen molar-refractivity contribution in [2.45, 2.75) is 329 Å². The quantitative estimate of drug-likeness (QED) is 0.0169. The van der Waals surface area contributed by atoms with E-state index < -0.39 is 97.5 Å². The van der Waals surface area contributed by atoms with E-state index in [0.29, 0.717) is 25.7 Å². The third-order valence-corrected chi connectivity index (χ3v) is 18.9. The summed E-state index contributed by atoms with van der Waals surface area (Å²) in [6.07, 6.45) is 102. The number of aliphatic hydroxyl groups excluding tert-OH is 1. The summed E-state index contributed by atoms with van der Waals surface area (Å²) in [5, 5.41) is 10.7. The van der Waals surface area contributed by atoms with Crippen LogP contribution in [-0.2, 0) is 65.4 Å². The van der Waals surface area contributed by atoms with Crippen molar-refractivity contribution in [2.75, 3.05) is 39.6 Å². The molecule has 0 spiro atoms. The molecule has 634 valence electrons. The summed E-state index contributed by atoms with van der Waals surface area (Å²) in [6.45, 7) is 4.40. The monoisotopic (exact) mass is 1600 g/mol. The lowest BCUT2D eigenvalue weighted by atomic mass is 10.1. The van der Waals surface area contributed by atoms with Crippen molar-refractivity contribution in [3.05, 3.63) is 194 Å². The van der Waals surface area contributed by atoms with Crippen molar-refractivity contribution in [1.82, 2.24) is 0 Å². The number of aliphatic hydroxyl groups is 1. The lowest BCUT2D eigenvalue weighted by molar-refractivity contribution is -0.161. The maximum atomic E-state index is 13.1. The van der Waals surface area contributed by atoms with E-state index in [9.17, 15) is 43.2 Å². The number of hydrogen-bond acceptors (Lipinski definition) is 15. The molecule has 19 heteroatoms. The number of hydrogen-bond donors (Lipinski definition) is 3. The van der Waals surface area contributed by atoms with Gasteiger partial charge in [0.25, 0.3) is 0 Å².